The van der Waals surface area contributed by atoms with E-state index < -0.39 is 5.97 Å². The molecule has 0 spiro atoms. The smallest absolute Gasteiger partial charge is 0.336 e. The average molecular weight is 284 g/mol. The molecule has 0 aliphatic carbocycles. The summed E-state index contributed by atoms with van der Waals surface area (Å²) in [5, 5.41) is 11.2. The predicted molar refractivity (Wildman–Crippen MR) is 85.2 cm³/mol. The Hall–Kier alpha value is -2.07. The summed E-state index contributed by atoms with van der Waals surface area (Å²) in [7, 11) is 4.22. The summed E-state index contributed by atoms with van der Waals surface area (Å²) >= 11 is 0. The number of fused-ring (bicyclic) bond motifs is 1. The minimum Gasteiger partial charge on any atom is -0.478 e. The SMILES string of the molecule is CN(C)C1CCN(c2ccc(C(=O)O)c3ccccc23)C1. The largest absolute Gasteiger partial charge is 0.478 e. The van der Waals surface area contributed by atoms with Crippen LogP contribution < -0.4 is 4.90 Å². The van der Waals surface area contributed by atoms with Crippen LogP contribution in [0.1, 0.15) is 16.8 Å². The molecule has 21 heavy (non-hydrogen) atoms. The molecule has 0 bridgehead atoms. The van der Waals surface area contributed by atoms with Gasteiger partial charge in [0.2, 0.25) is 0 Å². The quantitative estimate of drug-likeness (QED) is 0.941. The van der Waals surface area contributed by atoms with E-state index in [4.69, 9.17) is 0 Å². The van der Waals surface area contributed by atoms with E-state index in [0.717, 1.165) is 36.0 Å². The number of hydrogen-bond donors (Lipinski definition) is 1. The molecule has 1 N–H and O–H groups in total. The Morgan fingerprint density at radius 2 is 1.90 bits per heavy atom. The van der Waals surface area contributed by atoms with Crippen molar-refractivity contribution in [2.75, 3.05) is 32.1 Å². The van der Waals surface area contributed by atoms with Gasteiger partial charge in [0.25, 0.3) is 0 Å². The number of carboxylic acid groups (broad SMARTS) is 1. The van der Waals surface area contributed by atoms with E-state index in [1.807, 2.05) is 30.3 Å². The van der Waals surface area contributed by atoms with Crippen molar-refractivity contribution in [3.63, 3.8) is 0 Å². The Morgan fingerprint density at radius 1 is 1.19 bits per heavy atom. The molecule has 1 aliphatic heterocycles. The van der Waals surface area contributed by atoms with Gasteiger partial charge in [0.05, 0.1) is 5.56 Å². The Bertz CT molecular complexity index is 682. The number of carboxylic acids is 1. The van der Waals surface area contributed by atoms with Gasteiger partial charge in [-0.2, -0.15) is 0 Å². The Kier molecular flexibility index (Phi) is 3.55. The molecule has 0 aromatic heterocycles. The normalized spacial score (nSPS) is 18.6. The van der Waals surface area contributed by atoms with Crippen LogP contribution in [-0.2, 0) is 0 Å². The van der Waals surface area contributed by atoms with Crippen LogP contribution in [0, 0.1) is 0 Å². The lowest BCUT2D eigenvalue weighted by Gasteiger charge is -2.23. The fourth-order valence-electron chi connectivity index (χ4n) is 3.13. The third-order valence-electron chi connectivity index (χ3n) is 4.37. The highest BCUT2D eigenvalue weighted by molar-refractivity contribution is 6.07. The molecule has 4 nitrogen and oxygen atoms in total. The Labute approximate surface area is 124 Å². The van der Waals surface area contributed by atoms with Crippen LogP contribution in [0.15, 0.2) is 36.4 Å². The van der Waals surface area contributed by atoms with Crippen LogP contribution >= 0.6 is 0 Å². The number of likely N-dealkylation sites (N-methyl/N-ethyl adjacent to an activating group) is 1. The number of carbonyl (C=O) groups is 1. The molecule has 2 aromatic rings. The van der Waals surface area contributed by atoms with E-state index in [0.29, 0.717) is 11.6 Å². The predicted octanol–water partition coefficient (Wildman–Crippen LogP) is 2.68. The number of aromatic carboxylic acids is 1. The summed E-state index contributed by atoms with van der Waals surface area (Å²) in [6.07, 6.45) is 1.14. The molecule has 1 heterocycles. The lowest BCUT2D eigenvalue weighted by molar-refractivity contribution is 0.0699. The summed E-state index contributed by atoms with van der Waals surface area (Å²) < 4.78 is 0. The van der Waals surface area contributed by atoms with Crippen molar-refractivity contribution in [1.82, 2.24) is 4.90 Å². The third-order valence-corrected chi connectivity index (χ3v) is 4.37. The van der Waals surface area contributed by atoms with Crippen LogP contribution in [-0.4, -0.2) is 49.2 Å². The fourth-order valence-corrected chi connectivity index (χ4v) is 3.13. The van der Waals surface area contributed by atoms with Crippen molar-refractivity contribution < 1.29 is 9.90 Å². The van der Waals surface area contributed by atoms with Gasteiger partial charge in [0, 0.05) is 30.2 Å². The summed E-state index contributed by atoms with van der Waals surface area (Å²) in [6, 6.07) is 12.0. The zero-order chi connectivity index (χ0) is 15.0. The number of benzene rings is 2. The first-order valence-corrected chi connectivity index (χ1v) is 7.24. The zero-order valence-corrected chi connectivity index (χ0v) is 12.4. The fraction of sp³-hybridized carbons (Fsp3) is 0.353. The van der Waals surface area contributed by atoms with Crippen molar-refractivity contribution in [3.8, 4) is 0 Å². The van der Waals surface area contributed by atoms with Gasteiger partial charge in [-0.05, 0) is 38.0 Å². The van der Waals surface area contributed by atoms with Crippen LogP contribution in [0.4, 0.5) is 5.69 Å². The summed E-state index contributed by atoms with van der Waals surface area (Å²) in [4.78, 5) is 16.0. The number of anilines is 1. The van der Waals surface area contributed by atoms with Crippen molar-refractivity contribution in [2.24, 2.45) is 0 Å². The second kappa shape index (κ2) is 5.37. The molecular formula is C17H20N2O2. The van der Waals surface area contributed by atoms with E-state index in [-0.39, 0.29) is 0 Å². The van der Waals surface area contributed by atoms with Crippen molar-refractivity contribution in [1.29, 1.82) is 0 Å². The molecule has 1 aliphatic rings. The molecular weight excluding hydrogens is 264 g/mol. The first-order valence-electron chi connectivity index (χ1n) is 7.24. The highest BCUT2D eigenvalue weighted by Gasteiger charge is 2.25. The summed E-state index contributed by atoms with van der Waals surface area (Å²) in [5.74, 6) is -0.870. The van der Waals surface area contributed by atoms with Crippen LogP contribution in [0.5, 0.6) is 0 Å². The number of rotatable bonds is 3. The highest BCUT2D eigenvalue weighted by Crippen LogP contribution is 2.32. The minimum absolute atomic E-state index is 0.373. The van der Waals surface area contributed by atoms with Gasteiger partial charge in [-0.25, -0.2) is 4.79 Å². The Morgan fingerprint density at radius 3 is 2.52 bits per heavy atom. The minimum atomic E-state index is -0.870. The lowest BCUT2D eigenvalue weighted by Crippen LogP contribution is -2.31. The molecule has 2 aromatic carbocycles. The average Bonchev–Trinajstić information content (AvgIpc) is 2.95. The maximum Gasteiger partial charge on any atom is 0.336 e. The molecule has 1 saturated heterocycles. The van der Waals surface area contributed by atoms with E-state index in [2.05, 4.69) is 23.9 Å². The van der Waals surface area contributed by atoms with E-state index >= 15 is 0 Å². The van der Waals surface area contributed by atoms with E-state index in [1.165, 1.54) is 0 Å². The highest BCUT2D eigenvalue weighted by atomic mass is 16.4. The van der Waals surface area contributed by atoms with Gasteiger partial charge in [-0.3, -0.25) is 0 Å². The van der Waals surface area contributed by atoms with Gasteiger partial charge in [0.15, 0.2) is 0 Å². The van der Waals surface area contributed by atoms with E-state index in [9.17, 15) is 9.90 Å². The first kappa shape index (κ1) is 13.9. The monoisotopic (exact) mass is 284 g/mol. The molecule has 1 atom stereocenters. The molecule has 0 amide bonds. The molecule has 3 rings (SSSR count). The molecule has 0 radical (unpaired) electrons. The van der Waals surface area contributed by atoms with Gasteiger partial charge in [-0.15, -0.1) is 0 Å². The summed E-state index contributed by atoms with van der Waals surface area (Å²) in [5.41, 5.74) is 1.51. The summed E-state index contributed by atoms with van der Waals surface area (Å²) in [6.45, 7) is 2.00. The maximum atomic E-state index is 11.4. The second-order valence-corrected chi connectivity index (χ2v) is 5.84. The zero-order valence-electron chi connectivity index (χ0n) is 12.4. The van der Waals surface area contributed by atoms with E-state index in [1.54, 1.807) is 6.07 Å². The van der Waals surface area contributed by atoms with Crippen molar-refractivity contribution >= 4 is 22.4 Å². The van der Waals surface area contributed by atoms with Gasteiger partial charge in [-0.1, -0.05) is 24.3 Å². The first-order chi connectivity index (χ1) is 10.1. The molecule has 1 unspecified atom stereocenters. The Balaban J connectivity index is 2.05. The van der Waals surface area contributed by atoms with Crippen molar-refractivity contribution in [3.05, 3.63) is 42.0 Å². The number of nitrogens with zero attached hydrogens (tertiary/aromatic N) is 2. The number of hydrogen-bond acceptors (Lipinski definition) is 3. The molecule has 1 fully saturated rings. The van der Waals surface area contributed by atoms with Crippen LogP contribution in [0.2, 0.25) is 0 Å². The van der Waals surface area contributed by atoms with Gasteiger partial charge >= 0.3 is 5.97 Å². The van der Waals surface area contributed by atoms with Gasteiger partial charge in [0.1, 0.15) is 0 Å². The molecule has 4 heteroatoms. The second-order valence-electron chi connectivity index (χ2n) is 5.84. The maximum absolute atomic E-state index is 11.4. The van der Waals surface area contributed by atoms with Crippen molar-refractivity contribution in [2.45, 2.75) is 12.5 Å². The van der Waals surface area contributed by atoms with Crippen LogP contribution in [0.3, 0.4) is 0 Å². The standard InChI is InChI=1S/C17H20N2O2/c1-18(2)12-9-10-19(11-12)16-8-7-15(17(20)21)13-5-3-4-6-14(13)16/h3-8,12H,9-11H2,1-2H3,(H,20,21). The molecule has 110 valence electrons. The lowest BCUT2D eigenvalue weighted by atomic mass is 10.0. The van der Waals surface area contributed by atoms with Crippen LogP contribution in [0.25, 0.3) is 10.8 Å². The third kappa shape index (κ3) is 2.47. The molecule has 0 saturated carbocycles. The topological polar surface area (TPSA) is 43.8 Å². The van der Waals surface area contributed by atoms with Gasteiger partial charge < -0.3 is 14.9 Å².